The van der Waals surface area contributed by atoms with Crippen molar-refractivity contribution in [1.82, 2.24) is 4.90 Å². The first kappa shape index (κ1) is 19.0. The van der Waals surface area contributed by atoms with Crippen molar-refractivity contribution in [2.24, 2.45) is 0 Å². The first-order valence-electron chi connectivity index (χ1n) is 8.26. The van der Waals surface area contributed by atoms with Gasteiger partial charge in [0.15, 0.2) is 0 Å². The molecule has 0 heterocycles. The maximum atomic E-state index is 12.9. The highest BCUT2D eigenvalue weighted by Crippen LogP contribution is 2.19. The fourth-order valence-electron chi connectivity index (χ4n) is 2.43. The molecule has 0 aliphatic rings. The lowest BCUT2D eigenvalue weighted by atomic mass is 10.1. The van der Waals surface area contributed by atoms with Crippen molar-refractivity contribution in [3.05, 3.63) is 70.2 Å². The molecule has 0 N–H and O–H groups in total. The maximum Gasteiger partial charge on any atom is 0.307 e. The topological polar surface area (TPSA) is 46.6 Å². The summed E-state index contributed by atoms with van der Waals surface area (Å²) in [5, 5.41) is 0.401. The number of rotatable bonds is 7. The van der Waals surface area contributed by atoms with Gasteiger partial charge in [0.25, 0.3) is 5.91 Å². The fourth-order valence-corrected chi connectivity index (χ4v) is 2.65. The number of hydrogen-bond donors (Lipinski definition) is 0. The molecule has 0 aliphatic heterocycles. The van der Waals surface area contributed by atoms with E-state index in [4.69, 9.17) is 16.3 Å². The first-order valence-corrected chi connectivity index (χ1v) is 8.64. The molecule has 4 nitrogen and oxygen atoms in total. The third kappa shape index (κ3) is 5.61. The Hall–Kier alpha value is -2.33. The van der Waals surface area contributed by atoms with Crippen LogP contribution >= 0.6 is 11.6 Å². The first-order chi connectivity index (χ1) is 12.0. The number of aryl methyl sites for hydroxylation is 1. The molecule has 0 unspecified atom stereocenters. The van der Waals surface area contributed by atoms with Gasteiger partial charge in [0, 0.05) is 13.1 Å². The lowest BCUT2D eigenvalue weighted by molar-refractivity contribution is -0.143. The summed E-state index contributed by atoms with van der Waals surface area (Å²) < 4.78 is 4.96. The van der Waals surface area contributed by atoms with Crippen LogP contribution in [0.2, 0.25) is 5.02 Å². The van der Waals surface area contributed by atoms with E-state index in [9.17, 15) is 9.59 Å². The summed E-state index contributed by atoms with van der Waals surface area (Å²) in [6.45, 7) is 4.78. The highest BCUT2D eigenvalue weighted by atomic mass is 35.5. The molecular weight excluding hydrogens is 338 g/mol. The maximum absolute atomic E-state index is 12.9. The summed E-state index contributed by atoms with van der Waals surface area (Å²) in [6.07, 6.45) is 0.149. The Morgan fingerprint density at radius 1 is 1.08 bits per heavy atom. The second-order valence-electron chi connectivity index (χ2n) is 5.75. The molecule has 25 heavy (non-hydrogen) atoms. The molecule has 0 saturated carbocycles. The third-order valence-corrected chi connectivity index (χ3v) is 4.11. The fraction of sp³-hybridized carbons (Fsp3) is 0.300. The van der Waals surface area contributed by atoms with Crippen LogP contribution < -0.4 is 0 Å². The molecular formula is C20H22ClNO3. The number of ether oxygens (including phenoxy) is 1. The Bertz CT molecular complexity index is 728. The van der Waals surface area contributed by atoms with Crippen LogP contribution in [0.25, 0.3) is 0 Å². The highest BCUT2D eigenvalue weighted by molar-refractivity contribution is 6.33. The van der Waals surface area contributed by atoms with Gasteiger partial charge in [-0.25, -0.2) is 0 Å². The predicted octanol–water partition coefficient (Wildman–Crippen LogP) is 4.24. The van der Waals surface area contributed by atoms with E-state index >= 15 is 0 Å². The van der Waals surface area contributed by atoms with Crippen molar-refractivity contribution in [2.45, 2.75) is 26.8 Å². The van der Waals surface area contributed by atoms with Crippen LogP contribution in [0, 0.1) is 6.92 Å². The summed E-state index contributed by atoms with van der Waals surface area (Å²) in [7, 11) is 0. The Labute approximate surface area is 153 Å². The quantitative estimate of drug-likeness (QED) is 0.694. The molecule has 2 aromatic carbocycles. The van der Waals surface area contributed by atoms with Gasteiger partial charge in [-0.05, 0) is 31.5 Å². The zero-order valence-corrected chi connectivity index (χ0v) is 15.3. The number of carbonyl (C=O) groups is 2. The van der Waals surface area contributed by atoms with Gasteiger partial charge in [-0.1, -0.05) is 53.6 Å². The van der Waals surface area contributed by atoms with Crippen molar-refractivity contribution < 1.29 is 14.3 Å². The van der Waals surface area contributed by atoms with Crippen LogP contribution in [0.5, 0.6) is 0 Å². The average molecular weight is 360 g/mol. The molecule has 0 radical (unpaired) electrons. The molecule has 0 aromatic heterocycles. The highest BCUT2D eigenvalue weighted by Gasteiger charge is 2.19. The van der Waals surface area contributed by atoms with E-state index in [0.29, 0.717) is 23.7 Å². The zero-order chi connectivity index (χ0) is 18.2. The van der Waals surface area contributed by atoms with Crippen LogP contribution in [0.15, 0.2) is 48.5 Å². The Morgan fingerprint density at radius 3 is 2.40 bits per heavy atom. The normalized spacial score (nSPS) is 10.4. The van der Waals surface area contributed by atoms with Crippen molar-refractivity contribution in [1.29, 1.82) is 0 Å². The van der Waals surface area contributed by atoms with E-state index in [1.807, 2.05) is 31.2 Å². The minimum Gasteiger partial charge on any atom is -0.466 e. The van der Waals surface area contributed by atoms with E-state index in [1.165, 1.54) is 0 Å². The number of halogens is 1. The largest absolute Gasteiger partial charge is 0.466 e. The standard InChI is InChI=1S/C20H22ClNO3/c1-3-25-19(23)12-13-22(14-16-10-8-15(2)9-11-16)20(24)17-6-4-5-7-18(17)21/h4-11H,3,12-14H2,1-2H3. The van der Waals surface area contributed by atoms with E-state index < -0.39 is 0 Å². The van der Waals surface area contributed by atoms with Gasteiger partial charge in [-0.2, -0.15) is 0 Å². The van der Waals surface area contributed by atoms with Crippen molar-refractivity contribution >= 4 is 23.5 Å². The molecule has 2 rings (SSSR count). The number of benzene rings is 2. The minimum atomic E-state index is -0.316. The smallest absolute Gasteiger partial charge is 0.307 e. The van der Waals surface area contributed by atoms with E-state index in [-0.39, 0.29) is 24.8 Å². The molecule has 0 saturated heterocycles. The summed E-state index contributed by atoms with van der Waals surface area (Å²) in [4.78, 5) is 26.2. The lowest BCUT2D eigenvalue weighted by Crippen LogP contribution is -2.33. The number of amides is 1. The van der Waals surface area contributed by atoms with Gasteiger partial charge in [-0.3, -0.25) is 9.59 Å². The molecule has 132 valence electrons. The van der Waals surface area contributed by atoms with Gasteiger partial charge in [-0.15, -0.1) is 0 Å². The number of hydrogen-bond acceptors (Lipinski definition) is 3. The Kier molecular flexibility index (Phi) is 7.02. The summed E-state index contributed by atoms with van der Waals surface area (Å²) in [5.41, 5.74) is 2.58. The predicted molar refractivity (Wildman–Crippen MR) is 98.6 cm³/mol. The van der Waals surface area contributed by atoms with Crippen LogP contribution in [0.1, 0.15) is 34.8 Å². The number of nitrogens with zero attached hydrogens (tertiary/aromatic N) is 1. The molecule has 2 aromatic rings. The van der Waals surface area contributed by atoms with E-state index in [1.54, 1.807) is 36.1 Å². The SMILES string of the molecule is CCOC(=O)CCN(Cc1ccc(C)cc1)C(=O)c1ccccc1Cl. The van der Waals surface area contributed by atoms with Gasteiger partial charge in [0.1, 0.15) is 0 Å². The molecule has 0 bridgehead atoms. The van der Waals surface area contributed by atoms with Crippen LogP contribution in [-0.4, -0.2) is 29.9 Å². The van der Waals surface area contributed by atoms with Crippen LogP contribution in [-0.2, 0) is 16.1 Å². The minimum absolute atomic E-state index is 0.149. The summed E-state index contributed by atoms with van der Waals surface area (Å²) in [6, 6.07) is 14.9. The summed E-state index contributed by atoms with van der Waals surface area (Å²) >= 11 is 6.16. The second-order valence-corrected chi connectivity index (χ2v) is 6.15. The number of esters is 1. The second kappa shape index (κ2) is 9.23. The molecule has 0 aliphatic carbocycles. The Morgan fingerprint density at radius 2 is 1.76 bits per heavy atom. The van der Waals surface area contributed by atoms with Crippen LogP contribution in [0.3, 0.4) is 0 Å². The van der Waals surface area contributed by atoms with Crippen molar-refractivity contribution in [3.63, 3.8) is 0 Å². The number of carbonyl (C=O) groups excluding carboxylic acids is 2. The zero-order valence-electron chi connectivity index (χ0n) is 14.5. The van der Waals surface area contributed by atoms with Crippen molar-refractivity contribution in [3.8, 4) is 0 Å². The third-order valence-electron chi connectivity index (χ3n) is 3.78. The molecule has 0 atom stereocenters. The molecule has 0 fully saturated rings. The van der Waals surface area contributed by atoms with E-state index in [2.05, 4.69) is 0 Å². The average Bonchev–Trinajstić information content (AvgIpc) is 2.60. The monoisotopic (exact) mass is 359 g/mol. The molecule has 5 heteroatoms. The lowest BCUT2D eigenvalue weighted by Gasteiger charge is -2.23. The summed E-state index contributed by atoms with van der Waals surface area (Å²) in [5.74, 6) is -0.515. The van der Waals surface area contributed by atoms with Gasteiger partial charge in [0.05, 0.1) is 23.6 Å². The molecule has 1 amide bonds. The van der Waals surface area contributed by atoms with Gasteiger partial charge >= 0.3 is 5.97 Å². The Balaban J connectivity index is 2.18. The van der Waals surface area contributed by atoms with Crippen molar-refractivity contribution in [2.75, 3.05) is 13.2 Å². The van der Waals surface area contributed by atoms with Gasteiger partial charge < -0.3 is 9.64 Å². The molecule has 0 spiro atoms. The van der Waals surface area contributed by atoms with E-state index in [0.717, 1.165) is 11.1 Å². The van der Waals surface area contributed by atoms with Gasteiger partial charge in [0.2, 0.25) is 0 Å². The van der Waals surface area contributed by atoms with Crippen LogP contribution in [0.4, 0.5) is 0 Å².